The fourth-order valence-corrected chi connectivity index (χ4v) is 7.43. The fourth-order valence-electron chi connectivity index (χ4n) is 7.10. The molecule has 3 atom stereocenters. The number of hydrogen-bond donors (Lipinski definition) is 5. The number of aliphatic hydroxyl groups excluding tert-OH is 1. The molecule has 10 nitrogen and oxygen atoms in total. The number of carbonyl (C=O) groups is 2. The minimum atomic E-state index is -0.929. The van der Waals surface area contributed by atoms with Gasteiger partial charge >= 0.3 is 0 Å². The number of pyridine rings is 1. The normalized spacial score (nSPS) is 17.5. The van der Waals surface area contributed by atoms with E-state index in [0.29, 0.717) is 48.6 Å². The van der Waals surface area contributed by atoms with Crippen LogP contribution in [0.5, 0.6) is 0 Å². The zero-order chi connectivity index (χ0) is 34.9. The quantitative estimate of drug-likeness (QED) is 0.149. The van der Waals surface area contributed by atoms with E-state index in [-0.39, 0.29) is 29.5 Å². The molecule has 6 N–H and O–H groups in total. The van der Waals surface area contributed by atoms with Crippen LogP contribution >= 0.6 is 11.6 Å². The lowest BCUT2D eigenvalue weighted by Crippen LogP contribution is -2.47. The molecular formula is C39H39ClN6O4. The molecule has 0 saturated carbocycles. The van der Waals surface area contributed by atoms with Crippen LogP contribution in [0.25, 0.3) is 39.0 Å². The first-order chi connectivity index (χ1) is 24.2. The van der Waals surface area contributed by atoms with Crippen LogP contribution in [0.1, 0.15) is 35.1 Å². The summed E-state index contributed by atoms with van der Waals surface area (Å²) < 4.78 is 1.56. The van der Waals surface area contributed by atoms with Crippen molar-refractivity contribution in [2.24, 2.45) is 5.73 Å². The van der Waals surface area contributed by atoms with Crippen molar-refractivity contribution in [3.63, 3.8) is 0 Å². The second-order valence-corrected chi connectivity index (χ2v) is 13.6. The summed E-state index contributed by atoms with van der Waals surface area (Å²) in [7, 11) is 0. The minimum Gasteiger partial charge on any atom is -0.394 e. The number of amides is 2. The Hall–Kier alpha value is -4.87. The van der Waals surface area contributed by atoms with Crippen molar-refractivity contribution >= 4 is 29.1 Å². The molecule has 3 heterocycles. The van der Waals surface area contributed by atoms with E-state index in [1.807, 2.05) is 36.4 Å². The summed E-state index contributed by atoms with van der Waals surface area (Å²) in [5.74, 6) is -0.280. The van der Waals surface area contributed by atoms with Gasteiger partial charge in [-0.05, 0) is 77.3 Å². The number of aromatic nitrogens is 2. The van der Waals surface area contributed by atoms with Gasteiger partial charge in [0.05, 0.1) is 11.6 Å². The van der Waals surface area contributed by atoms with E-state index >= 15 is 0 Å². The van der Waals surface area contributed by atoms with Gasteiger partial charge in [-0.2, -0.15) is 0 Å². The van der Waals surface area contributed by atoms with Crippen molar-refractivity contribution in [2.75, 3.05) is 13.2 Å². The molecule has 0 unspecified atom stereocenters. The molecule has 2 amide bonds. The van der Waals surface area contributed by atoms with Gasteiger partial charge in [0.1, 0.15) is 11.7 Å². The number of fused-ring (bicyclic) bond motifs is 2. The van der Waals surface area contributed by atoms with Gasteiger partial charge in [0.2, 0.25) is 11.8 Å². The molecule has 7 rings (SSSR count). The molecule has 50 heavy (non-hydrogen) atoms. The highest BCUT2D eigenvalue weighted by Gasteiger charge is 2.26. The van der Waals surface area contributed by atoms with Gasteiger partial charge in [0, 0.05) is 60.7 Å². The lowest BCUT2D eigenvalue weighted by molar-refractivity contribution is -0.123. The highest BCUT2D eigenvalue weighted by molar-refractivity contribution is 6.36. The number of rotatable bonds is 10. The van der Waals surface area contributed by atoms with Gasteiger partial charge in [-0.3, -0.25) is 18.8 Å². The van der Waals surface area contributed by atoms with Gasteiger partial charge in [-0.25, -0.2) is 4.98 Å². The Balaban J connectivity index is 1.12. The number of halogens is 1. The van der Waals surface area contributed by atoms with Crippen LogP contribution in [-0.2, 0) is 29.0 Å². The zero-order valence-corrected chi connectivity index (χ0v) is 28.5. The Labute approximate surface area is 294 Å². The standard InChI is InChI=1S/C39H39ClN6O4/c1-22-30(25-12-13-46-35(17-25)43-19-27(39(46)50)18-42-20-28-10-11-36(48)44-28)4-2-5-31(22)33-7-3-6-32(37(33)40)24-9-8-23-15-29(16-26(23)14-24)45-38(49)34(41)21-47/h2-9,12-14,17,19,28-29,34,42,47H,10-11,15-16,18,20-21,41H2,1H3,(H,44,48)(H,45,49)/t28-,29+,34-/m0/s1. The summed E-state index contributed by atoms with van der Waals surface area (Å²) in [6.45, 7) is 2.66. The Morgan fingerprint density at radius 3 is 2.54 bits per heavy atom. The van der Waals surface area contributed by atoms with E-state index in [1.165, 1.54) is 5.56 Å². The van der Waals surface area contributed by atoms with E-state index in [1.54, 1.807) is 16.8 Å². The molecule has 0 spiro atoms. The molecule has 0 bridgehead atoms. The molecular weight excluding hydrogens is 652 g/mol. The number of aliphatic hydroxyl groups is 1. The monoisotopic (exact) mass is 690 g/mol. The molecule has 3 aromatic carbocycles. The highest BCUT2D eigenvalue weighted by atomic mass is 35.5. The van der Waals surface area contributed by atoms with Gasteiger partial charge in [0.15, 0.2) is 0 Å². The van der Waals surface area contributed by atoms with Crippen LogP contribution in [-0.4, -0.2) is 57.6 Å². The molecule has 5 aromatic rings. The fraction of sp³-hybridized carbons (Fsp3) is 0.282. The number of nitrogens with zero attached hydrogens (tertiary/aromatic N) is 2. The summed E-state index contributed by atoms with van der Waals surface area (Å²) in [6, 6.07) is 21.4. The summed E-state index contributed by atoms with van der Waals surface area (Å²) in [4.78, 5) is 41.6. The molecule has 1 saturated heterocycles. The minimum absolute atomic E-state index is 0.0684. The number of nitrogens with one attached hydrogen (secondary N) is 3. The number of benzene rings is 3. The third-order valence-corrected chi connectivity index (χ3v) is 10.2. The summed E-state index contributed by atoms with van der Waals surface area (Å²) in [5.41, 5.74) is 15.8. The van der Waals surface area contributed by atoms with Gasteiger partial charge in [-0.15, -0.1) is 0 Å². The van der Waals surface area contributed by atoms with Crippen molar-refractivity contribution in [1.29, 1.82) is 0 Å². The SMILES string of the molecule is Cc1c(-c2ccn3c(=O)c(CNC[C@@H]4CCC(=O)N4)cnc3c2)cccc1-c1cccc(-c2ccc3c(c2)C[C@H](NC(=O)[C@@H](N)CO)C3)c1Cl. The largest absolute Gasteiger partial charge is 0.394 e. The first-order valence-electron chi connectivity index (χ1n) is 16.9. The number of hydrogen-bond acceptors (Lipinski definition) is 7. The number of carbonyl (C=O) groups excluding carboxylic acids is 2. The molecule has 2 aromatic heterocycles. The maximum absolute atomic E-state index is 13.3. The Morgan fingerprint density at radius 2 is 1.76 bits per heavy atom. The first-order valence-corrected chi connectivity index (χ1v) is 17.3. The van der Waals surface area contributed by atoms with Crippen LogP contribution < -0.4 is 27.2 Å². The van der Waals surface area contributed by atoms with Crippen molar-refractivity contribution < 1.29 is 14.7 Å². The molecule has 2 aliphatic rings. The summed E-state index contributed by atoms with van der Waals surface area (Å²) >= 11 is 7.17. The van der Waals surface area contributed by atoms with Crippen LogP contribution in [0.4, 0.5) is 0 Å². The summed E-state index contributed by atoms with van der Waals surface area (Å²) in [5, 5.41) is 19.0. The number of nitrogens with two attached hydrogens (primary N) is 1. The van der Waals surface area contributed by atoms with Crippen molar-refractivity contribution in [3.8, 4) is 33.4 Å². The Bertz CT molecular complexity index is 2180. The molecule has 1 aliphatic heterocycles. The maximum atomic E-state index is 13.3. The van der Waals surface area contributed by atoms with E-state index in [4.69, 9.17) is 17.3 Å². The smallest absolute Gasteiger partial charge is 0.262 e. The first kappa shape index (κ1) is 33.6. The molecule has 1 aliphatic carbocycles. The molecule has 11 heteroatoms. The van der Waals surface area contributed by atoms with Crippen LogP contribution in [0.3, 0.4) is 0 Å². The van der Waals surface area contributed by atoms with Crippen LogP contribution in [0, 0.1) is 6.92 Å². The predicted octanol–water partition coefficient (Wildman–Crippen LogP) is 3.93. The van der Waals surface area contributed by atoms with Crippen molar-refractivity contribution in [1.82, 2.24) is 25.3 Å². The lowest BCUT2D eigenvalue weighted by Gasteiger charge is -2.16. The van der Waals surface area contributed by atoms with E-state index in [9.17, 15) is 19.5 Å². The summed E-state index contributed by atoms with van der Waals surface area (Å²) in [6.07, 6.45) is 6.12. The zero-order valence-electron chi connectivity index (χ0n) is 27.7. The molecule has 0 radical (unpaired) electrons. The highest BCUT2D eigenvalue weighted by Crippen LogP contribution is 2.41. The topological polar surface area (TPSA) is 151 Å². The molecule has 256 valence electrons. The maximum Gasteiger partial charge on any atom is 0.262 e. The van der Waals surface area contributed by atoms with E-state index in [2.05, 4.69) is 58.2 Å². The average molecular weight is 691 g/mol. The van der Waals surface area contributed by atoms with E-state index < -0.39 is 12.6 Å². The third kappa shape index (κ3) is 6.67. The average Bonchev–Trinajstić information content (AvgIpc) is 3.73. The van der Waals surface area contributed by atoms with Crippen LogP contribution in [0.2, 0.25) is 5.02 Å². The van der Waals surface area contributed by atoms with E-state index in [0.717, 1.165) is 50.9 Å². The van der Waals surface area contributed by atoms with Gasteiger partial charge < -0.3 is 26.8 Å². The van der Waals surface area contributed by atoms with Crippen molar-refractivity contribution in [3.05, 3.63) is 117 Å². The molecule has 1 fully saturated rings. The second kappa shape index (κ2) is 14.2. The lowest BCUT2D eigenvalue weighted by atomic mass is 9.91. The Kier molecular flexibility index (Phi) is 9.52. The third-order valence-electron chi connectivity index (χ3n) is 9.84. The van der Waals surface area contributed by atoms with Gasteiger partial charge in [-0.1, -0.05) is 66.2 Å². The predicted molar refractivity (Wildman–Crippen MR) is 195 cm³/mol. The van der Waals surface area contributed by atoms with Crippen LogP contribution in [0.15, 0.2) is 83.9 Å². The Morgan fingerprint density at radius 1 is 1.02 bits per heavy atom. The van der Waals surface area contributed by atoms with Crippen molar-refractivity contribution in [2.45, 2.75) is 57.3 Å². The van der Waals surface area contributed by atoms with Gasteiger partial charge in [0.25, 0.3) is 5.56 Å². The second-order valence-electron chi connectivity index (χ2n) is 13.2.